The average molecular weight is 451 g/mol. The Labute approximate surface area is 179 Å². The summed E-state index contributed by atoms with van der Waals surface area (Å²) in [4.78, 5) is 0. The van der Waals surface area contributed by atoms with Gasteiger partial charge in [0.25, 0.3) is 0 Å². The van der Waals surface area contributed by atoms with Crippen molar-refractivity contribution in [2.45, 2.75) is 26.2 Å². The average Bonchev–Trinajstić information content (AvgIpc) is 2.66. The third kappa shape index (κ3) is 13.9. The maximum Gasteiger partial charge on any atom is 0.397 e. The molecule has 0 saturated carbocycles. The largest absolute Gasteiger partial charge is 0.491 e. The predicted molar refractivity (Wildman–Crippen MR) is 111 cm³/mol. The number of hydrogen-bond acceptors (Lipinski definition) is 8. The molecule has 10 heteroatoms. The van der Waals surface area contributed by atoms with Gasteiger partial charge in [0, 0.05) is 0 Å². The fourth-order valence-corrected chi connectivity index (χ4v) is 2.66. The first kappa shape index (κ1) is 26.8. The number of rotatable bonds is 17. The molecule has 0 fully saturated rings. The van der Waals surface area contributed by atoms with Gasteiger partial charge in [0.05, 0.1) is 59.5 Å². The molecule has 1 aromatic rings. The molecule has 9 nitrogen and oxygen atoms in total. The molecule has 1 N–H and O–H groups in total. The third-order valence-electron chi connectivity index (χ3n) is 3.76. The monoisotopic (exact) mass is 450 g/mol. The summed E-state index contributed by atoms with van der Waals surface area (Å²) in [5.74, 6) is 0.886. The van der Waals surface area contributed by atoms with E-state index in [1.165, 1.54) is 5.56 Å². The summed E-state index contributed by atoms with van der Waals surface area (Å²) in [5.41, 5.74) is 1.20. The van der Waals surface area contributed by atoms with Gasteiger partial charge in [-0.2, -0.15) is 8.42 Å². The Morgan fingerprint density at radius 3 is 1.63 bits per heavy atom. The highest BCUT2D eigenvalue weighted by Crippen LogP contribution is 2.30. The van der Waals surface area contributed by atoms with Crippen LogP contribution in [0.3, 0.4) is 0 Å². The van der Waals surface area contributed by atoms with Crippen molar-refractivity contribution in [3.05, 3.63) is 29.8 Å². The molecule has 0 saturated heterocycles. The van der Waals surface area contributed by atoms with E-state index in [1.54, 1.807) is 0 Å². The molecule has 0 unspecified atom stereocenters. The van der Waals surface area contributed by atoms with E-state index in [-0.39, 0.29) is 25.2 Å². The van der Waals surface area contributed by atoms with Gasteiger partial charge in [0.1, 0.15) is 12.4 Å². The second kappa shape index (κ2) is 14.7. The first-order chi connectivity index (χ1) is 14.2. The second-order valence-corrected chi connectivity index (χ2v) is 8.38. The molecule has 1 rings (SSSR count). The molecule has 174 valence electrons. The minimum Gasteiger partial charge on any atom is -0.491 e. The van der Waals surface area contributed by atoms with Crippen LogP contribution in [0.1, 0.15) is 26.3 Å². The zero-order valence-corrected chi connectivity index (χ0v) is 18.8. The van der Waals surface area contributed by atoms with Gasteiger partial charge in [0.2, 0.25) is 0 Å². The maximum atomic E-state index is 10.3. The predicted octanol–water partition coefficient (Wildman–Crippen LogP) is 2.25. The number of hydrogen-bond donors (Lipinski definition) is 1. The van der Waals surface area contributed by atoms with E-state index >= 15 is 0 Å². The Bertz CT molecular complexity index is 671. The smallest absolute Gasteiger partial charge is 0.397 e. The molecule has 0 atom stereocenters. The van der Waals surface area contributed by atoms with Crippen molar-refractivity contribution < 1.29 is 40.8 Å². The maximum absolute atomic E-state index is 10.3. The summed E-state index contributed by atoms with van der Waals surface area (Å²) in [7, 11) is -4.41. The summed E-state index contributed by atoms with van der Waals surface area (Å²) in [6.07, 6.45) is 0. The molecule has 0 bridgehead atoms. The van der Waals surface area contributed by atoms with Crippen LogP contribution in [0.25, 0.3) is 0 Å². The van der Waals surface area contributed by atoms with Gasteiger partial charge in [-0.15, -0.1) is 0 Å². The van der Waals surface area contributed by atoms with Crippen molar-refractivity contribution >= 4 is 10.4 Å². The highest BCUT2D eigenvalue weighted by atomic mass is 32.3. The van der Waals surface area contributed by atoms with Gasteiger partial charge < -0.3 is 23.7 Å². The molecular formula is C20H34O9S. The first-order valence-electron chi connectivity index (χ1n) is 9.85. The van der Waals surface area contributed by atoms with Crippen LogP contribution >= 0.6 is 0 Å². The molecule has 0 amide bonds. The number of ether oxygens (including phenoxy) is 5. The van der Waals surface area contributed by atoms with Crippen molar-refractivity contribution in [2.75, 3.05) is 66.1 Å². The molecular weight excluding hydrogens is 416 g/mol. The first-order valence-corrected chi connectivity index (χ1v) is 11.2. The second-order valence-electron chi connectivity index (χ2n) is 7.29. The molecule has 1 aromatic carbocycles. The Kier molecular flexibility index (Phi) is 13.1. The topological polar surface area (TPSA) is 110 Å². The Morgan fingerprint density at radius 1 is 0.733 bits per heavy atom. The Morgan fingerprint density at radius 2 is 1.17 bits per heavy atom. The van der Waals surface area contributed by atoms with Crippen molar-refractivity contribution in [3.8, 4) is 5.75 Å². The molecule has 0 aliphatic rings. The van der Waals surface area contributed by atoms with Crippen molar-refractivity contribution in [1.82, 2.24) is 0 Å². The van der Waals surface area contributed by atoms with E-state index in [2.05, 4.69) is 31.0 Å². The molecule has 0 heterocycles. The normalized spacial score (nSPS) is 12.3. The van der Waals surface area contributed by atoms with Crippen molar-refractivity contribution in [2.24, 2.45) is 0 Å². The summed E-state index contributed by atoms with van der Waals surface area (Å²) in [6, 6.07) is 8.03. The van der Waals surface area contributed by atoms with Gasteiger partial charge in [0.15, 0.2) is 0 Å². The van der Waals surface area contributed by atoms with Crippen LogP contribution in [0.2, 0.25) is 0 Å². The van der Waals surface area contributed by atoms with Crippen LogP contribution in [-0.2, 0) is 38.9 Å². The fourth-order valence-electron chi connectivity index (χ4n) is 2.38. The molecule has 0 spiro atoms. The van der Waals surface area contributed by atoms with Gasteiger partial charge in [-0.25, -0.2) is 4.18 Å². The van der Waals surface area contributed by atoms with Crippen molar-refractivity contribution in [3.63, 3.8) is 0 Å². The number of benzene rings is 1. The number of para-hydroxylation sites is 1. The van der Waals surface area contributed by atoms with Gasteiger partial charge in [-0.05, 0) is 17.0 Å². The highest BCUT2D eigenvalue weighted by Gasteiger charge is 2.18. The summed E-state index contributed by atoms with van der Waals surface area (Å²) in [6.45, 7) is 9.65. The Hall–Kier alpha value is -1.27. The minimum atomic E-state index is -4.41. The van der Waals surface area contributed by atoms with E-state index in [9.17, 15) is 8.42 Å². The van der Waals surface area contributed by atoms with Gasteiger partial charge in [-0.1, -0.05) is 39.0 Å². The molecule has 0 aliphatic carbocycles. The summed E-state index contributed by atoms with van der Waals surface area (Å²) in [5, 5.41) is 0. The molecule has 0 aromatic heterocycles. The van der Waals surface area contributed by atoms with Crippen LogP contribution in [-0.4, -0.2) is 79.0 Å². The summed E-state index contributed by atoms with van der Waals surface area (Å²) >= 11 is 0. The third-order valence-corrected chi connectivity index (χ3v) is 4.22. The van der Waals surface area contributed by atoms with E-state index < -0.39 is 10.4 Å². The molecule has 30 heavy (non-hydrogen) atoms. The fraction of sp³-hybridized carbons (Fsp3) is 0.700. The zero-order chi connectivity index (χ0) is 22.3. The quantitative estimate of drug-likeness (QED) is 0.282. The van der Waals surface area contributed by atoms with Crippen LogP contribution in [0.5, 0.6) is 5.75 Å². The minimum absolute atomic E-state index is 0.0248. The van der Waals surface area contributed by atoms with E-state index in [4.69, 9.17) is 28.2 Å². The van der Waals surface area contributed by atoms with Crippen LogP contribution < -0.4 is 4.74 Å². The van der Waals surface area contributed by atoms with E-state index in [0.29, 0.717) is 46.2 Å². The summed E-state index contributed by atoms with van der Waals surface area (Å²) < 4.78 is 60.1. The highest BCUT2D eigenvalue weighted by molar-refractivity contribution is 7.80. The van der Waals surface area contributed by atoms with Crippen molar-refractivity contribution in [1.29, 1.82) is 0 Å². The zero-order valence-electron chi connectivity index (χ0n) is 18.0. The van der Waals surface area contributed by atoms with Crippen LogP contribution in [0, 0.1) is 0 Å². The standard InChI is InChI=1S/C20H34O9S/c1-20(2,3)18-6-4-5-7-19(18)28-16-14-26-12-10-24-8-9-25-11-13-27-15-17-29-30(21,22)23/h4-7H,8-17H2,1-3H3,(H,21,22,23). The lowest BCUT2D eigenvalue weighted by atomic mass is 9.86. The molecule has 0 aliphatic heterocycles. The molecule has 0 radical (unpaired) electrons. The lowest BCUT2D eigenvalue weighted by Gasteiger charge is -2.22. The van der Waals surface area contributed by atoms with Gasteiger partial charge >= 0.3 is 10.4 Å². The van der Waals surface area contributed by atoms with E-state index in [1.807, 2.05) is 18.2 Å². The Balaban J connectivity index is 1.90. The van der Waals surface area contributed by atoms with E-state index in [0.717, 1.165) is 5.75 Å². The van der Waals surface area contributed by atoms with Crippen LogP contribution in [0.4, 0.5) is 0 Å². The lowest BCUT2D eigenvalue weighted by Crippen LogP contribution is -2.16. The van der Waals surface area contributed by atoms with Crippen LogP contribution in [0.15, 0.2) is 24.3 Å². The SMILES string of the molecule is CC(C)(C)c1ccccc1OCCOCCOCCOCCOCCOS(=O)(=O)O. The van der Waals surface area contributed by atoms with Gasteiger partial charge in [-0.3, -0.25) is 4.55 Å². The lowest BCUT2D eigenvalue weighted by molar-refractivity contribution is -0.00713.